The van der Waals surface area contributed by atoms with Crippen molar-refractivity contribution in [1.82, 2.24) is 9.80 Å². The standard InChI is InChI=1S/C19H28N2O2S2/c1-13-16-15(5-4-8-19(16)24-11-12-25-19)23-17(13)18(22)21(3)14-6-9-20(2)10-7-14/h14H,4-12H2,1-3H3. The van der Waals surface area contributed by atoms with Crippen molar-refractivity contribution in [3.8, 4) is 0 Å². The third kappa shape index (κ3) is 3.04. The minimum absolute atomic E-state index is 0.0737. The number of hydrogen-bond donors (Lipinski definition) is 0. The first-order valence-corrected chi connectivity index (χ1v) is 11.4. The predicted octanol–water partition coefficient (Wildman–Crippen LogP) is 3.72. The van der Waals surface area contributed by atoms with E-state index in [1.165, 1.54) is 29.9 Å². The van der Waals surface area contributed by atoms with Crippen LogP contribution in [0.5, 0.6) is 0 Å². The highest BCUT2D eigenvalue weighted by molar-refractivity contribution is 8.20. The molecule has 1 amide bonds. The molecule has 0 bridgehead atoms. The van der Waals surface area contributed by atoms with Crippen LogP contribution < -0.4 is 0 Å². The van der Waals surface area contributed by atoms with E-state index in [0.29, 0.717) is 11.8 Å². The highest BCUT2D eigenvalue weighted by Crippen LogP contribution is 2.59. The van der Waals surface area contributed by atoms with Crippen LogP contribution in [0.1, 0.15) is 53.1 Å². The molecule has 138 valence electrons. The van der Waals surface area contributed by atoms with Gasteiger partial charge in [-0.25, -0.2) is 0 Å². The van der Waals surface area contributed by atoms with Crippen molar-refractivity contribution in [3.63, 3.8) is 0 Å². The Balaban J connectivity index is 1.61. The van der Waals surface area contributed by atoms with Crippen LogP contribution in [0.15, 0.2) is 4.42 Å². The van der Waals surface area contributed by atoms with E-state index in [1.54, 1.807) is 0 Å². The van der Waals surface area contributed by atoms with E-state index in [4.69, 9.17) is 4.42 Å². The van der Waals surface area contributed by atoms with Gasteiger partial charge in [0, 0.05) is 42.1 Å². The first-order chi connectivity index (χ1) is 12.0. The molecule has 1 aliphatic carbocycles. The Morgan fingerprint density at radius 3 is 2.64 bits per heavy atom. The fourth-order valence-electron chi connectivity index (χ4n) is 4.51. The van der Waals surface area contributed by atoms with Gasteiger partial charge in [-0.2, -0.15) is 0 Å². The van der Waals surface area contributed by atoms with Crippen molar-refractivity contribution in [2.75, 3.05) is 38.7 Å². The van der Waals surface area contributed by atoms with Crippen molar-refractivity contribution in [2.45, 2.75) is 49.1 Å². The molecule has 2 fully saturated rings. The molecular formula is C19H28N2O2S2. The normalized spacial score (nSPS) is 23.8. The van der Waals surface area contributed by atoms with Crippen molar-refractivity contribution in [2.24, 2.45) is 0 Å². The zero-order valence-electron chi connectivity index (χ0n) is 15.5. The smallest absolute Gasteiger partial charge is 0.289 e. The third-order valence-corrected chi connectivity index (χ3v) is 9.55. The number of furan rings is 1. The second-order valence-electron chi connectivity index (χ2n) is 7.61. The maximum absolute atomic E-state index is 13.2. The number of hydrogen-bond acceptors (Lipinski definition) is 5. The first kappa shape index (κ1) is 17.8. The molecule has 3 heterocycles. The van der Waals surface area contributed by atoms with Gasteiger partial charge in [-0.05, 0) is 52.7 Å². The SMILES string of the molecule is Cc1c(C(=O)N(C)C2CCN(C)CC2)oc2c1C1(CCC2)SCCS1. The summed E-state index contributed by atoms with van der Waals surface area (Å²) in [6, 6.07) is 0.328. The lowest BCUT2D eigenvalue weighted by molar-refractivity contribution is 0.0625. The van der Waals surface area contributed by atoms with Crippen molar-refractivity contribution in [1.29, 1.82) is 0 Å². The quantitative estimate of drug-likeness (QED) is 0.781. The molecular weight excluding hydrogens is 352 g/mol. The van der Waals surface area contributed by atoms with Gasteiger partial charge in [-0.3, -0.25) is 4.79 Å². The Bertz CT molecular complexity index is 659. The number of piperidine rings is 1. The summed E-state index contributed by atoms with van der Waals surface area (Å²) in [5, 5.41) is 0. The lowest BCUT2D eigenvalue weighted by atomic mass is 9.93. The summed E-state index contributed by atoms with van der Waals surface area (Å²) < 4.78 is 6.33. The highest BCUT2D eigenvalue weighted by Gasteiger charge is 2.45. The van der Waals surface area contributed by atoms with Gasteiger partial charge in [-0.15, -0.1) is 23.5 Å². The number of rotatable bonds is 2. The highest BCUT2D eigenvalue weighted by atomic mass is 32.2. The second kappa shape index (κ2) is 6.86. The number of amides is 1. The van der Waals surface area contributed by atoms with Gasteiger partial charge in [0.2, 0.25) is 0 Å². The number of likely N-dealkylation sites (tertiary alicyclic amines) is 1. The molecule has 1 aromatic heterocycles. The molecule has 2 aliphatic heterocycles. The van der Waals surface area contributed by atoms with Crippen LogP contribution in [0.3, 0.4) is 0 Å². The van der Waals surface area contributed by atoms with E-state index in [-0.39, 0.29) is 9.99 Å². The van der Waals surface area contributed by atoms with Gasteiger partial charge in [0.15, 0.2) is 5.76 Å². The van der Waals surface area contributed by atoms with Crippen molar-refractivity contribution in [3.05, 3.63) is 22.6 Å². The molecule has 0 aromatic carbocycles. The van der Waals surface area contributed by atoms with E-state index in [9.17, 15) is 4.79 Å². The van der Waals surface area contributed by atoms with E-state index in [1.807, 2.05) is 11.9 Å². The summed E-state index contributed by atoms with van der Waals surface area (Å²) in [6.45, 7) is 4.23. The van der Waals surface area contributed by atoms with Gasteiger partial charge >= 0.3 is 0 Å². The van der Waals surface area contributed by atoms with Gasteiger partial charge in [0.05, 0.1) is 4.08 Å². The molecule has 6 heteroatoms. The van der Waals surface area contributed by atoms with Crippen LogP contribution in [-0.4, -0.2) is 60.4 Å². The van der Waals surface area contributed by atoms with Crippen molar-refractivity contribution < 1.29 is 9.21 Å². The number of thioether (sulfide) groups is 2. The van der Waals surface area contributed by atoms with E-state index < -0.39 is 0 Å². The monoisotopic (exact) mass is 380 g/mol. The maximum atomic E-state index is 13.2. The Labute approximate surface area is 159 Å². The Hall–Kier alpha value is -0.590. The molecule has 0 atom stereocenters. The van der Waals surface area contributed by atoms with Crippen molar-refractivity contribution >= 4 is 29.4 Å². The molecule has 3 aliphatic rings. The largest absolute Gasteiger partial charge is 0.455 e. The van der Waals surface area contributed by atoms with Gasteiger partial charge < -0.3 is 14.2 Å². The van der Waals surface area contributed by atoms with Crippen LogP contribution in [-0.2, 0) is 10.5 Å². The Morgan fingerprint density at radius 2 is 1.96 bits per heavy atom. The first-order valence-electron chi connectivity index (χ1n) is 9.38. The van der Waals surface area contributed by atoms with Crippen LogP contribution >= 0.6 is 23.5 Å². The zero-order valence-corrected chi connectivity index (χ0v) is 17.1. The second-order valence-corrected chi connectivity index (χ2v) is 10.7. The summed E-state index contributed by atoms with van der Waals surface area (Å²) in [6.07, 6.45) is 5.44. The Kier molecular flexibility index (Phi) is 4.88. The number of fused-ring (bicyclic) bond motifs is 2. The Morgan fingerprint density at radius 1 is 1.28 bits per heavy atom. The molecule has 25 heavy (non-hydrogen) atoms. The van der Waals surface area contributed by atoms with E-state index >= 15 is 0 Å². The lowest BCUT2D eigenvalue weighted by Gasteiger charge is -2.34. The molecule has 2 saturated heterocycles. The number of nitrogens with zero attached hydrogens (tertiary/aromatic N) is 2. The predicted molar refractivity (Wildman–Crippen MR) is 106 cm³/mol. The van der Waals surface area contributed by atoms with Crippen LogP contribution in [0.4, 0.5) is 0 Å². The summed E-state index contributed by atoms with van der Waals surface area (Å²) in [4.78, 5) is 17.4. The average molecular weight is 381 g/mol. The topological polar surface area (TPSA) is 36.7 Å². The average Bonchev–Trinajstić information content (AvgIpc) is 3.20. The lowest BCUT2D eigenvalue weighted by Crippen LogP contribution is -2.44. The van der Waals surface area contributed by atoms with Gasteiger partial charge in [0.1, 0.15) is 5.76 Å². The summed E-state index contributed by atoms with van der Waals surface area (Å²) >= 11 is 4.11. The van der Waals surface area contributed by atoms with Crippen LogP contribution in [0.2, 0.25) is 0 Å². The number of carbonyl (C=O) groups is 1. The minimum atomic E-state index is 0.0737. The molecule has 0 radical (unpaired) electrons. The number of carbonyl (C=O) groups excluding carboxylic acids is 1. The molecule has 1 spiro atoms. The zero-order chi connectivity index (χ0) is 17.6. The molecule has 0 N–H and O–H groups in total. The fourth-order valence-corrected chi connectivity index (χ4v) is 8.07. The molecule has 4 nitrogen and oxygen atoms in total. The summed E-state index contributed by atoms with van der Waals surface area (Å²) in [7, 11) is 4.10. The number of aryl methyl sites for hydroxylation is 1. The fraction of sp³-hybridized carbons (Fsp3) is 0.737. The minimum Gasteiger partial charge on any atom is -0.455 e. The van der Waals surface area contributed by atoms with Crippen LogP contribution in [0, 0.1) is 6.92 Å². The maximum Gasteiger partial charge on any atom is 0.289 e. The van der Waals surface area contributed by atoms with Gasteiger partial charge in [0.25, 0.3) is 5.91 Å². The molecule has 0 unspecified atom stereocenters. The molecule has 0 saturated carbocycles. The van der Waals surface area contributed by atoms with E-state index in [0.717, 1.165) is 43.7 Å². The van der Waals surface area contributed by atoms with Crippen LogP contribution in [0.25, 0.3) is 0 Å². The summed E-state index contributed by atoms with van der Waals surface area (Å²) in [5.41, 5.74) is 2.44. The molecule has 1 aromatic rings. The van der Waals surface area contributed by atoms with Gasteiger partial charge in [-0.1, -0.05) is 0 Å². The third-order valence-electron chi connectivity index (χ3n) is 6.01. The molecule has 4 rings (SSSR count). The summed E-state index contributed by atoms with van der Waals surface area (Å²) in [5.74, 6) is 4.15. The van der Waals surface area contributed by atoms with E-state index in [2.05, 4.69) is 42.4 Å².